The van der Waals surface area contributed by atoms with E-state index in [0.29, 0.717) is 24.0 Å². The number of ether oxygens (including phenoxy) is 1. The molecule has 0 aliphatic carbocycles. The number of hydrogen-bond donors (Lipinski definition) is 2. The van der Waals surface area contributed by atoms with Gasteiger partial charge < -0.3 is 10.5 Å². The number of aromatic nitrogens is 1. The predicted molar refractivity (Wildman–Crippen MR) is 82.3 cm³/mol. The maximum Gasteiger partial charge on any atom is 0.214 e. The standard InChI is InChI=1S/C16H21N3O/c1-3-6-11(2)10-20-15-9-13(16(17)18)12-7-4-5-8-14(12)19-15/h4-5,7-9,11H,3,6,10H2,1-2H3,(H3,17,18). The van der Waals surface area contributed by atoms with Crippen molar-refractivity contribution < 1.29 is 4.74 Å². The van der Waals surface area contributed by atoms with Gasteiger partial charge in [0, 0.05) is 17.0 Å². The quantitative estimate of drug-likeness (QED) is 0.625. The summed E-state index contributed by atoms with van der Waals surface area (Å²) < 4.78 is 5.76. The van der Waals surface area contributed by atoms with Crippen LogP contribution in [0.2, 0.25) is 0 Å². The lowest BCUT2D eigenvalue weighted by Crippen LogP contribution is -2.14. The Morgan fingerprint density at radius 2 is 2.15 bits per heavy atom. The highest BCUT2D eigenvalue weighted by Gasteiger charge is 2.09. The van der Waals surface area contributed by atoms with Gasteiger partial charge in [-0.1, -0.05) is 38.5 Å². The Kier molecular flexibility index (Phi) is 4.56. The van der Waals surface area contributed by atoms with Crippen molar-refractivity contribution >= 4 is 16.7 Å². The van der Waals surface area contributed by atoms with E-state index in [2.05, 4.69) is 18.8 Å². The summed E-state index contributed by atoms with van der Waals surface area (Å²) in [4.78, 5) is 4.48. The number of nitrogen functional groups attached to an aromatic ring is 1. The Balaban J connectivity index is 2.28. The highest BCUT2D eigenvalue weighted by molar-refractivity contribution is 6.06. The van der Waals surface area contributed by atoms with E-state index in [1.54, 1.807) is 6.07 Å². The van der Waals surface area contributed by atoms with E-state index in [0.717, 1.165) is 23.7 Å². The second kappa shape index (κ2) is 6.37. The van der Waals surface area contributed by atoms with Gasteiger partial charge in [-0.2, -0.15) is 0 Å². The highest BCUT2D eigenvalue weighted by atomic mass is 16.5. The van der Waals surface area contributed by atoms with E-state index < -0.39 is 0 Å². The minimum atomic E-state index is 0.0371. The number of fused-ring (bicyclic) bond motifs is 1. The van der Waals surface area contributed by atoms with Crippen molar-refractivity contribution in [2.24, 2.45) is 11.7 Å². The lowest BCUT2D eigenvalue weighted by atomic mass is 10.1. The van der Waals surface area contributed by atoms with E-state index in [4.69, 9.17) is 15.9 Å². The molecule has 0 spiro atoms. The Morgan fingerprint density at radius 1 is 1.40 bits per heavy atom. The van der Waals surface area contributed by atoms with Crippen molar-refractivity contribution in [3.05, 3.63) is 35.9 Å². The number of hydrogen-bond acceptors (Lipinski definition) is 3. The van der Waals surface area contributed by atoms with Crippen LogP contribution in [0.15, 0.2) is 30.3 Å². The molecule has 3 N–H and O–H groups in total. The third-order valence-electron chi connectivity index (χ3n) is 3.28. The van der Waals surface area contributed by atoms with E-state index in [9.17, 15) is 0 Å². The number of nitrogens with zero attached hydrogens (tertiary/aromatic N) is 1. The van der Waals surface area contributed by atoms with Crippen LogP contribution >= 0.6 is 0 Å². The molecule has 1 atom stereocenters. The summed E-state index contributed by atoms with van der Waals surface area (Å²) in [7, 11) is 0. The van der Waals surface area contributed by atoms with E-state index >= 15 is 0 Å². The Bertz CT molecular complexity index is 610. The first-order valence-corrected chi connectivity index (χ1v) is 6.98. The molecule has 2 aromatic rings. The second-order valence-corrected chi connectivity index (χ2v) is 5.14. The summed E-state index contributed by atoms with van der Waals surface area (Å²) >= 11 is 0. The van der Waals surface area contributed by atoms with Crippen LogP contribution in [-0.4, -0.2) is 17.4 Å². The van der Waals surface area contributed by atoms with Gasteiger partial charge in [0.1, 0.15) is 5.84 Å². The molecule has 0 fully saturated rings. The first-order chi connectivity index (χ1) is 9.61. The SMILES string of the molecule is CCCC(C)COc1cc(C(=N)N)c2ccccc2n1. The molecule has 0 aliphatic heterocycles. The zero-order valence-electron chi connectivity index (χ0n) is 12.0. The molecular weight excluding hydrogens is 250 g/mol. The molecule has 1 heterocycles. The molecule has 1 aromatic heterocycles. The second-order valence-electron chi connectivity index (χ2n) is 5.14. The summed E-state index contributed by atoms with van der Waals surface area (Å²) in [6, 6.07) is 9.42. The van der Waals surface area contributed by atoms with Gasteiger partial charge in [0.15, 0.2) is 0 Å². The summed E-state index contributed by atoms with van der Waals surface area (Å²) in [5.41, 5.74) is 7.13. The molecule has 106 valence electrons. The maximum absolute atomic E-state index is 7.69. The van der Waals surface area contributed by atoms with Crippen molar-refractivity contribution in [1.29, 1.82) is 5.41 Å². The lowest BCUT2D eigenvalue weighted by molar-refractivity contribution is 0.244. The van der Waals surface area contributed by atoms with Crippen LogP contribution < -0.4 is 10.5 Å². The minimum Gasteiger partial charge on any atom is -0.477 e. The average molecular weight is 271 g/mol. The van der Waals surface area contributed by atoms with Crippen molar-refractivity contribution in [1.82, 2.24) is 4.98 Å². The van der Waals surface area contributed by atoms with Gasteiger partial charge in [-0.05, 0) is 18.4 Å². The van der Waals surface area contributed by atoms with Crippen LogP contribution in [0, 0.1) is 11.3 Å². The van der Waals surface area contributed by atoms with Gasteiger partial charge in [-0.15, -0.1) is 0 Å². The number of benzene rings is 1. The minimum absolute atomic E-state index is 0.0371. The van der Waals surface area contributed by atoms with Crippen LogP contribution in [0.3, 0.4) is 0 Å². The summed E-state index contributed by atoms with van der Waals surface area (Å²) in [6.45, 7) is 4.96. The smallest absolute Gasteiger partial charge is 0.214 e. The van der Waals surface area contributed by atoms with Crippen LogP contribution in [0.25, 0.3) is 10.9 Å². The van der Waals surface area contributed by atoms with Gasteiger partial charge in [0.2, 0.25) is 5.88 Å². The number of nitrogens with two attached hydrogens (primary N) is 1. The fourth-order valence-electron chi connectivity index (χ4n) is 2.25. The van der Waals surface area contributed by atoms with Crippen molar-refractivity contribution in [2.75, 3.05) is 6.61 Å². The van der Waals surface area contributed by atoms with Gasteiger partial charge in [-0.25, -0.2) is 4.98 Å². The van der Waals surface area contributed by atoms with E-state index in [1.807, 2.05) is 24.3 Å². The lowest BCUT2D eigenvalue weighted by Gasteiger charge is -2.13. The zero-order valence-corrected chi connectivity index (χ0v) is 12.0. The molecule has 4 nitrogen and oxygen atoms in total. The number of pyridine rings is 1. The largest absolute Gasteiger partial charge is 0.477 e. The molecule has 0 saturated heterocycles. The molecule has 0 bridgehead atoms. The fraction of sp³-hybridized carbons (Fsp3) is 0.375. The maximum atomic E-state index is 7.69. The number of rotatable bonds is 6. The van der Waals surface area contributed by atoms with Crippen LogP contribution in [0.5, 0.6) is 5.88 Å². The van der Waals surface area contributed by atoms with E-state index in [1.165, 1.54) is 0 Å². The Labute approximate surface area is 119 Å². The number of amidine groups is 1. The molecule has 0 radical (unpaired) electrons. The third-order valence-corrected chi connectivity index (χ3v) is 3.28. The average Bonchev–Trinajstić information content (AvgIpc) is 2.44. The van der Waals surface area contributed by atoms with Gasteiger partial charge >= 0.3 is 0 Å². The van der Waals surface area contributed by atoms with Crippen molar-refractivity contribution in [3.8, 4) is 5.88 Å². The third kappa shape index (κ3) is 3.26. The molecule has 0 saturated carbocycles. The molecule has 1 unspecified atom stereocenters. The van der Waals surface area contributed by atoms with E-state index in [-0.39, 0.29) is 5.84 Å². The van der Waals surface area contributed by atoms with Crippen molar-refractivity contribution in [3.63, 3.8) is 0 Å². The van der Waals surface area contributed by atoms with Crippen LogP contribution in [0.1, 0.15) is 32.3 Å². The summed E-state index contributed by atoms with van der Waals surface area (Å²) in [5.74, 6) is 1.07. The Hall–Kier alpha value is -2.10. The molecule has 0 amide bonds. The van der Waals surface area contributed by atoms with Crippen LogP contribution in [-0.2, 0) is 0 Å². The van der Waals surface area contributed by atoms with Gasteiger partial charge in [0.25, 0.3) is 0 Å². The molecule has 2 rings (SSSR count). The molecule has 1 aromatic carbocycles. The molecule has 0 aliphatic rings. The van der Waals surface area contributed by atoms with Gasteiger partial charge in [0.05, 0.1) is 12.1 Å². The van der Waals surface area contributed by atoms with Crippen molar-refractivity contribution in [2.45, 2.75) is 26.7 Å². The highest BCUT2D eigenvalue weighted by Crippen LogP contribution is 2.22. The topological polar surface area (TPSA) is 72.0 Å². The van der Waals surface area contributed by atoms with Gasteiger partial charge in [-0.3, -0.25) is 5.41 Å². The first kappa shape index (κ1) is 14.3. The molecule has 20 heavy (non-hydrogen) atoms. The monoisotopic (exact) mass is 271 g/mol. The molecule has 4 heteroatoms. The summed E-state index contributed by atoms with van der Waals surface area (Å²) in [6.07, 6.45) is 2.28. The van der Waals surface area contributed by atoms with Crippen LogP contribution in [0.4, 0.5) is 0 Å². The number of nitrogens with one attached hydrogen (secondary N) is 1. The predicted octanol–water partition coefficient (Wildman–Crippen LogP) is 3.33. The fourth-order valence-corrected chi connectivity index (χ4v) is 2.25. The molecular formula is C16H21N3O. The zero-order chi connectivity index (χ0) is 14.5. The normalized spacial score (nSPS) is 12.3. The first-order valence-electron chi connectivity index (χ1n) is 6.98. The Morgan fingerprint density at radius 3 is 2.85 bits per heavy atom. The summed E-state index contributed by atoms with van der Waals surface area (Å²) in [5, 5.41) is 8.57. The number of para-hydroxylation sites is 1.